The standard InChI is InChI=1S/C12H14BrN3/c1-5-9-6-10(13)14-11-8(4)15-16(7(2)3)12(9)11/h5-7H,1H2,2-4H3. The third kappa shape index (κ3) is 1.67. The van der Waals surface area contributed by atoms with Gasteiger partial charge in [0.15, 0.2) is 0 Å². The van der Waals surface area contributed by atoms with Crippen molar-refractivity contribution in [2.75, 3.05) is 0 Å². The van der Waals surface area contributed by atoms with Gasteiger partial charge in [-0.3, -0.25) is 4.68 Å². The summed E-state index contributed by atoms with van der Waals surface area (Å²) in [5.41, 5.74) is 4.02. The maximum absolute atomic E-state index is 4.52. The lowest BCUT2D eigenvalue weighted by molar-refractivity contribution is 0.546. The average molecular weight is 280 g/mol. The lowest BCUT2D eigenvalue weighted by Gasteiger charge is -2.08. The summed E-state index contributed by atoms with van der Waals surface area (Å²) in [6.45, 7) is 10.0. The van der Waals surface area contributed by atoms with E-state index in [1.807, 2.05) is 23.7 Å². The molecule has 0 aromatic carbocycles. The zero-order valence-electron chi connectivity index (χ0n) is 9.66. The van der Waals surface area contributed by atoms with Crippen molar-refractivity contribution >= 4 is 33.0 Å². The van der Waals surface area contributed by atoms with Gasteiger partial charge in [0.2, 0.25) is 0 Å². The van der Waals surface area contributed by atoms with E-state index in [9.17, 15) is 0 Å². The molecule has 0 spiro atoms. The summed E-state index contributed by atoms with van der Waals surface area (Å²) in [6.07, 6.45) is 1.84. The predicted molar refractivity (Wildman–Crippen MR) is 70.4 cm³/mol. The molecule has 84 valence electrons. The van der Waals surface area contributed by atoms with E-state index in [-0.39, 0.29) is 0 Å². The van der Waals surface area contributed by atoms with Gasteiger partial charge < -0.3 is 0 Å². The maximum atomic E-state index is 4.52. The Labute approximate surface area is 103 Å². The Kier molecular flexibility index (Phi) is 2.84. The van der Waals surface area contributed by atoms with E-state index in [2.05, 4.69) is 46.4 Å². The Balaban J connectivity index is 2.91. The number of nitrogens with zero attached hydrogens (tertiary/aromatic N) is 3. The van der Waals surface area contributed by atoms with Crippen LogP contribution in [0.25, 0.3) is 17.1 Å². The summed E-state index contributed by atoms with van der Waals surface area (Å²) in [6, 6.07) is 2.29. The van der Waals surface area contributed by atoms with Gasteiger partial charge in [-0.05, 0) is 42.8 Å². The van der Waals surface area contributed by atoms with Crippen molar-refractivity contribution in [1.29, 1.82) is 0 Å². The van der Waals surface area contributed by atoms with E-state index < -0.39 is 0 Å². The zero-order valence-corrected chi connectivity index (χ0v) is 11.2. The van der Waals surface area contributed by atoms with E-state index in [1.54, 1.807) is 0 Å². The second-order valence-electron chi connectivity index (χ2n) is 4.06. The van der Waals surface area contributed by atoms with Crippen molar-refractivity contribution in [3.05, 3.63) is 28.5 Å². The SMILES string of the molecule is C=Cc1cc(Br)nc2c(C)nn(C(C)C)c12. The Hall–Kier alpha value is -1.16. The molecular formula is C12H14BrN3. The number of fused-ring (bicyclic) bond motifs is 1. The third-order valence-corrected chi connectivity index (χ3v) is 2.94. The molecule has 0 aliphatic carbocycles. The van der Waals surface area contributed by atoms with Gasteiger partial charge in [-0.1, -0.05) is 12.7 Å². The summed E-state index contributed by atoms with van der Waals surface area (Å²) in [5, 5.41) is 4.52. The fourth-order valence-corrected chi connectivity index (χ4v) is 2.23. The van der Waals surface area contributed by atoms with Gasteiger partial charge in [0, 0.05) is 11.6 Å². The van der Waals surface area contributed by atoms with Gasteiger partial charge in [0.1, 0.15) is 10.1 Å². The highest BCUT2D eigenvalue weighted by Gasteiger charge is 2.14. The van der Waals surface area contributed by atoms with Crippen molar-refractivity contribution < 1.29 is 0 Å². The molecule has 0 bridgehead atoms. The first kappa shape index (κ1) is 11.3. The molecule has 2 aromatic rings. The van der Waals surface area contributed by atoms with Crippen LogP contribution < -0.4 is 0 Å². The van der Waals surface area contributed by atoms with Gasteiger partial charge in [-0.2, -0.15) is 5.10 Å². The summed E-state index contributed by atoms with van der Waals surface area (Å²) >= 11 is 3.41. The molecule has 0 fully saturated rings. The van der Waals surface area contributed by atoms with Crippen LogP contribution in [0.15, 0.2) is 17.2 Å². The Bertz CT molecular complexity index is 555. The van der Waals surface area contributed by atoms with E-state index in [0.29, 0.717) is 6.04 Å². The number of hydrogen-bond acceptors (Lipinski definition) is 2. The van der Waals surface area contributed by atoms with Crippen LogP contribution in [0.5, 0.6) is 0 Å². The number of rotatable bonds is 2. The number of halogens is 1. The molecule has 2 heterocycles. The van der Waals surface area contributed by atoms with Crippen LogP contribution in [0.3, 0.4) is 0 Å². The summed E-state index contributed by atoms with van der Waals surface area (Å²) in [5.74, 6) is 0. The van der Waals surface area contributed by atoms with Crippen LogP contribution in [0, 0.1) is 6.92 Å². The normalized spacial score (nSPS) is 11.3. The molecule has 3 nitrogen and oxygen atoms in total. The lowest BCUT2D eigenvalue weighted by Crippen LogP contribution is -2.03. The van der Waals surface area contributed by atoms with Crippen LogP contribution >= 0.6 is 15.9 Å². The monoisotopic (exact) mass is 279 g/mol. The number of aryl methyl sites for hydroxylation is 1. The predicted octanol–water partition coefficient (Wildman–Crippen LogP) is 3.73. The molecule has 0 N–H and O–H groups in total. The summed E-state index contributed by atoms with van der Waals surface area (Å²) < 4.78 is 2.82. The Morgan fingerprint density at radius 1 is 1.50 bits per heavy atom. The fourth-order valence-electron chi connectivity index (χ4n) is 1.81. The molecule has 4 heteroatoms. The van der Waals surface area contributed by atoms with E-state index in [1.165, 1.54) is 0 Å². The van der Waals surface area contributed by atoms with Crippen molar-refractivity contribution in [2.24, 2.45) is 0 Å². The minimum absolute atomic E-state index is 0.317. The molecule has 0 atom stereocenters. The Morgan fingerprint density at radius 3 is 2.75 bits per heavy atom. The molecule has 0 amide bonds. The Morgan fingerprint density at radius 2 is 2.19 bits per heavy atom. The molecule has 0 aliphatic rings. The van der Waals surface area contributed by atoms with E-state index in [0.717, 1.165) is 26.9 Å². The quantitative estimate of drug-likeness (QED) is 0.785. The highest BCUT2D eigenvalue weighted by Crippen LogP contribution is 2.26. The molecule has 16 heavy (non-hydrogen) atoms. The van der Waals surface area contributed by atoms with Crippen molar-refractivity contribution in [3.63, 3.8) is 0 Å². The first-order valence-electron chi connectivity index (χ1n) is 5.22. The molecule has 0 unspecified atom stereocenters. The molecule has 2 aromatic heterocycles. The molecule has 0 aliphatic heterocycles. The molecular weight excluding hydrogens is 266 g/mol. The van der Waals surface area contributed by atoms with Gasteiger partial charge in [-0.15, -0.1) is 0 Å². The van der Waals surface area contributed by atoms with Crippen molar-refractivity contribution in [1.82, 2.24) is 14.8 Å². The first-order chi connectivity index (χ1) is 7.54. The molecule has 0 saturated heterocycles. The van der Waals surface area contributed by atoms with E-state index in [4.69, 9.17) is 0 Å². The number of aromatic nitrogens is 3. The van der Waals surface area contributed by atoms with Gasteiger partial charge in [0.05, 0.1) is 11.2 Å². The van der Waals surface area contributed by atoms with Crippen molar-refractivity contribution in [3.8, 4) is 0 Å². The fraction of sp³-hybridized carbons (Fsp3) is 0.333. The van der Waals surface area contributed by atoms with Crippen LogP contribution in [-0.2, 0) is 0 Å². The number of pyridine rings is 1. The van der Waals surface area contributed by atoms with Gasteiger partial charge >= 0.3 is 0 Å². The summed E-state index contributed by atoms with van der Waals surface area (Å²) in [4.78, 5) is 4.47. The smallest absolute Gasteiger partial charge is 0.113 e. The number of hydrogen-bond donors (Lipinski definition) is 0. The second-order valence-corrected chi connectivity index (χ2v) is 4.87. The highest BCUT2D eigenvalue weighted by atomic mass is 79.9. The average Bonchev–Trinajstić information content (AvgIpc) is 2.55. The van der Waals surface area contributed by atoms with Crippen molar-refractivity contribution in [2.45, 2.75) is 26.8 Å². The molecule has 2 rings (SSSR count). The minimum Gasteiger partial charge on any atom is -0.260 e. The van der Waals surface area contributed by atoms with Crippen LogP contribution in [0.1, 0.15) is 31.1 Å². The highest BCUT2D eigenvalue weighted by molar-refractivity contribution is 9.10. The van der Waals surface area contributed by atoms with Gasteiger partial charge in [-0.25, -0.2) is 4.98 Å². The van der Waals surface area contributed by atoms with Crippen LogP contribution in [0.4, 0.5) is 0 Å². The van der Waals surface area contributed by atoms with Crippen LogP contribution in [-0.4, -0.2) is 14.8 Å². The lowest BCUT2D eigenvalue weighted by atomic mass is 10.2. The topological polar surface area (TPSA) is 30.7 Å². The van der Waals surface area contributed by atoms with E-state index >= 15 is 0 Å². The van der Waals surface area contributed by atoms with Gasteiger partial charge in [0.25, 0.3) is 0 Å². The first-order valence-corrected chi connectivity index (χ1v) is 6.01. The zero-order chi connectivity index (χ0) is 11.9. The largest absolute Gasteiger partial charge is 0.260 e. The second kappa shape index (κ2) is 4.01. The molecule has 0 radical (unpaired) electrons. The maximum Gasteiger partial charge on any atom is 0.113 e. The third-order valence-electron chi connectivity index (χ3n) is 2.53. The summed E-state index contributed by atoms with van der Waals surface area (Å²) in [7, 11) is 0. The minimum atomic E-state index is 0.317. The van der Waals surface area contributed by atoms with Crippen LogP contribution in [0.2, 0.25) is 0 Å². The molecule has 0 saturated carbocycles.